The number of hydrogen-bond donors (Lipinski definition) is 3. The monoisotopic (exact) mass is 586 g/mol. The number of carbonyl (C=O) groups is 1. The van der Waals surface area contributed by atoms with Crippen LogP contribution in [0, 0.1) is 11.7 Å². The van der Waals surface area contributed by atoms with Gasteiger partial charge in [-0.1, -0.05) is 30.3 Å². The van der Waals surface area contributed by atoms with Crippen molar-refractivity contribution >= 4 is 11.6 Å². The maximum absolute atomic E-state index is 14.3. The molecule has 0 bridgehead atoms. The highest BCUT2D eigenvalue weighted by molar-refractivity contribution is 5.80. The van der Waals surface area contributed by atoms with Crippen LogP contribution in [-0.4, -0.2) is 55.2 Å². The molecule has 0 unspecified atom stereocenters. The summed E-state index contributed by atoms with van der Waals surface area (Å²) in [5, 5.41) is 20.5. The number of aliphatic hydroxyl groups excluding tert-OH is 1. The van der Waals surface area contributed by atoms with Crippen molar-refractivity contribution in [2.75, 3.05) is 18.8 Å². The van der Waals surface area contributed by atoms with Crippen molar-refractivity contribution in [2.24, 2.45) is 5.92 Å². The van der Waals surface area contributed by atoms with Crippen LogP contribution in [0.5, 0.6) is 11.6 Å². The Morgan fingerprint density at radius 2 is 1.83 bits per heavy atom. The number of nitrogens with zero attached hydrogens (tertiary/aromatic N) is 3. The summed E-state index contributed by atoms with van der Waals surface area (Å²) in [5.41, 5.74) is 4.40. The maximum Gasteiger partial charge on any atom is 0.280 e. The number of amides is 1. The van der Waals surface area contributed by atoms with E-state index in [0.717, 1.165) is 10.6 Å². The van der Waals surface area contributed by atoms with Crippen molar-refractivity contribution in [3.05, 3.63) is 82.2 Å². The third kappa shape index (κ3) is 6.29. The number of anilines is 1. The fourth-order valence-electron chi connectivity index (χ4n) is 5.86. The standard InChI is InChI=1S/C30H33F3N4O5/c31-24-7-6-21(14-20(24)16-38)42-26-25(34)28(40)37(18-35-26)17-29(41)10-12-36(13-11-29)27(39)22-8-9-30(32,33)15-23(22)19-4-2-1-3-5-19/h1-7,14,18,22-23,38,41H,8-13,15-17,34H2/t22-,23+/m1/s1. The molecule has 5 rings (SSSR count). The highest BCUT2D eigenvalue weighted by Crippen LogP contribution is 2.46. The minimum atomic E-state index is -2.83. The second kappa shape index (κ2) is 11.8. The number of alkyl halides is 2. The summed E-state index contributed by atoms with van der Waals surface area (Å²) in [5.74, 6) is -4.89. The zero-order chi connectivity index (χ0) is 30.1. The Bertz CT molecular complexity index is 1490. The Balaban J connectivity index is 1.24. The Labute approximate surface area is 240 Å². The van der Waals surface area contributed by atoms with Gasteiger partial charge in [0.25, 0.3) is 5.56 Å². The highest BCUT2D eigenvalue weighted by Gasteiger charge is 2.46. The molecule has 1 aliphatic heterocycles. The lowest BCUT2D eigenvalue weighted by Crippen LogP contribution is -2.52. The van der Waals surface area contributed by atoms with Gasteiger partial charge in [0, 0.05) is 43.3 Å². The second-order valence-corrected chi connectivity index (χ2v) is 11.2. The molecule has 2 fully saturated rings. The number of benzene rings is 2. The van der Waals surface area contributed by atoms with Gasteiger partial charge in [-0.25, -0.2) is 18.2 Å². The van der Waals surface area contributed by atoms with E-state index in [1.54, 1.807) is 35.2 Å². The van der Waals surface area contributed by atoms with Crippen molar-refractivity contribution in [2.45, 2.75) is 62.7 Å². The van der Waals surface area contributed by atoms with Gasteiger partial charge in [-0.15, -0.1) is 0 Å². The molecule has 9 nitrogen and oxygen atoms in total. The van der Waals surface area contributed by atoms with E-state index in [-0.39, 0.29) is 80.5 Å². The molecule has 0 radical (unpaired) electrons. The molecule has 2 aliphatic rings. The zero-order valence-corrected chi connectivity index (χ0v) is 22.9. The highest BCUT2D eigenvalue weighted by atomic mass is 19.3. The molecule has 1 saturated heterocycles. The molecule has 12 heteroatoms. The number of carbonyl (C=O) groups excluding carboxylic acids is 1. The minimum absolute atomic E-state index is 0.00321. The first kappa shape index (κ1) is 29.6. The number of nitrogens with two attached hydrogens (primary N) is 1. The summed E-state index contributed by atoms with van der Waals surface area (Å²) < 4.78 is 49.0. The van der Waals surface area contributed by atoms with Crippen molar-refractivity contribution in [1.29, 1.82) is 0 Å². The summed E-state index contributed by atoms with van der Waals surface area (Å²) in [6.07, 6.45) is 0.883. The fraction of sp³-hybridized carbons (Fsp3) is 0.433. The van der Waals surface area contributed by atoms with Crippen LogP contribution in [0.25, 0.3) is 0 Å². The Hall–Kier alpha value is -3.90. The molecule has 224 valence electrons. The first-order chi connectivity index (χ1) is 20.0. The lowest BCUT2D eigenvalue weighted by atomic mass is 9.73. The van der Waals surface area contributed by atoms with E-state index in [2.05, 4.69) is 4.98 Å². The van der Waals surface area contributed by atoms with Gasteiger partial charge < -0.3 is 25.6 Å². The van der Waals surface area contributed by atoms with Crippen LogP contribution >= 0.6 is 0 Å². The molecular weight excluding hydrogens is 553 g/mol. The molecule has 4 N–H and O–H groups in total. The molecule has 2 aromatic carbocycles. The Kier molecular flexibility index (Phi) is 8.29. The third-order valence-corrected chi connectivity index (χ3v) is 8.28. The van der Waals surface area contributed by atoms with Crippen LogP contribution < -0.4 is 16.0 Å². The largest absolute Gasteiger partial charge is 0.437 e. The van der Waals surface area contributed by atoms with Crippen LogP contribution in [0.4, 0.5) is 18.9 Å². The van der Waals surface area contributed by atoms with Gasteiger partial charge in [0.05, 0.1) is 18.8 Å². The zero-order valence-electron chi connectivity index (χ0n) is 22.9. The SMILES string of the molecule is Nc1c(Oc2ccc(F)c(CO)c2)ncn(CC2(O)CCN(C(=O)[C@@H]3CCC(F)(F)C[C@H]3c3ccccc3)CC2)c1=O. The van der Waals surface area contributed by atoms with Gasteiger partial charge in [-0.3, -0.25) is 14.2 Å². The number of likely N-dealkylation sites (tertiary alicyclic amines) is 1. The van der Waals surface area contributed by atoms with Crippen molar-refractivity contribution < 1.29 is 32.9 Å². The Morgan fingerprint density at radius 3 is 2.52 bits per heavy atom. The lowest BCUT2D eigenvalue weighted by Gasteiger charge is -2.42. The average Bonchev–Trinajstić information content (AvgIpc) is 2.98. The second-order valence-electron chi connectivity index (χ2n) is 11.2. The smallest absolute Gasteiger partial charge is 0.280 e. The number of ether oxygens (including phenoxy) is 1. The number of aromatic nitrogens is 2. The molecule has 1 aromatic heterocycles. The number of halogens is 3. The van der Waals surface area contributed by atoms with Crippen molar-refractivity contribution in [3.8, 4) is 11.6 Å². The molecule has 1 amide bonds. The number of nitrogen functional groups attached to an aromatic ring is 1. The van der Waals surface area contributed by atoms with E-state index < -0.39 is 41.3 Å². The molecule has 1 aliphatic carbocycles. The quantitative estimate of drug-likeness (QED) is 0.384. The van der Waals surface area contributed by atoms with Crippen LogP contribution in [0.15, 0.2) is 59.7 Å². The van der Waals surface area contributed by atoms with E-state index in [0.29, 0.717) is 5.56 Å². The lowest BCUT2D eigenvalue weighted by molar-refractivity contribution is -0.145. The summed E-state index contributed by atoms with van der Waals surface area (Å²) >= 11 is 0. The molecular formula is C30H33F3N4O5. The van der Waals surface area contributed by atoms with Crippen LogP contribution in [-0.2, 0) is 17.9 Å². The van der Waals surface area contributed by atoms with E-state index in [9.17, 15) is 33.0 Å². The minimum Gasteiger partial charge on any atom is -0.437 e. The summed E-state index contributed by atoms with van der Waals surface area (Å²) in [7, 11) is 0. The summed E-state index contributed by atoms with van der Waals surface area (Å²) in [6, 6.07) is 12.6. The van der Waals surface area contributed by atoms with Gasteiger partial charge in [0.15, 0.2) is 5.69 Å². The van der Waals surface area contributed by atoms with Gasteiger partial charge in [-0.2, -0.15) is 0 Å². The molecule has 42 heavy (non-hydrogen) atoms. The normalized spacial score (nSPS) is 21.6. The molecule has 0 spiro atoms. The van der Waals surface area contributed by atoms with Gasteiger partial charge in [-0.05, 0) is 43.0 Å². The van der Waals surface area contributed by atoms with Gasteiger partial charge >= 0.3 is 0 Å². The fourth-order valence-corrected chi connectivity index (χ4v) is 5.86. The number of hydrogen-bond acceptors (Lipinski definition) is 7. The van der Waals surface area contributed by atoms with Crippen molar-refractivity contribution in [3.63, 3.8) is 0 Å². The predicted octanol–water partition coefficient (Wildman–Crippen LogP) is 3.82. The maximum atomic E-state index is 14.3. The third-order valence-electron chi connectivity index (χ3n) is 8.28. The molecule has 2 heterocycles. The van der Waals surface area contributed by atoms with E-state index in [1.807, 2.05) is 0 Å². The Morgan fingerprint density at radius 1 is 1.12 bits per heavy atom. The summed E-state index contributed by atoms with van der Waals surface area (Å²) in [4.78, 5) is 32.2. The summed E-state index contributed by atoms with van der Waals surface area (Å²) in [6.45, 7) is -0.251. The number of piperidine rings is 1. The van der Waals surface area contributed by atoms with Crippen LogP contribution in [0.1, 0.15) is 49.1 Å². The average molecular weight is 587 g/mol. The molecule has 3 aromatic rings. The predicted molar refractivity (Wildman–Crippen MR) is 148 cm³/mol. The van der Waals surface area contributed by atoms with Crippen molar-refractivity contribution in [1.82, 2.24) is 14.5 Å². The first-order valence-corrected chi connectivity index (χ1v) is 13.8. The van der Waals surface area contributed by atoms with E-state index in [1.165, 1.54) is 18.5 Å². The topological polar surface area (TPSA) is 131 Å². The molecule has 1 saturated carbocycles. The van der Waals surface area contributed by atoms with Gasteiger partial charge in [0.1, 0.15) is 17.9 Å². The number of rotatable bonds is 7. The number of aliphatic hydroxyl groups is 2. The van der Waals surface area contributed by atoms with Gasteiger partial charge in [0.2, 0.25) is 17.7 Å². The molecule has 2 atom stereocenters. The van der Waals surface area contributed by atoms with E-state index in [4.69, 9.17) is 10.5 Å². The first-order valence-electron chi connectivity index (χ1n) is 13.8. The van der Waals surface area contributed by atoms with Crippen LogP contribution in [0.2, 0.25) is 0 Å². The van der Waals surface area contributed by atoms with Crippen LogP contribution in [0.3, 0.4) is 0 Å². The van der Waals surface area contributed by atoms with E-state index >= 15 is 0 Å².